The molecule has 0 radical (unpaired) electrons. The third kappa shape index (κ3) is 3.33. The van der Waals surface area contributed by atoms with Gasteiger partial charge in [0.1, 0.15) is 6.04 Å². The monoisotopic (exact) mass is 389 g/mol. The minimum Gasteiger partial charge on any atom is -0.465 e. The van der Waals surface area contributed by atoms with Crippen LogP contribution in [0.15, 0.2) is 18.2 Å². The molecule has 2 amide bonds. The molecular weight excluding hydrogens is 373 g/mol. The van der Waals surface area contributed by atoms with Crippen LogP contribution >= 0.6 is 22.6 Å². The average molecular weight is 389 g/mol. The molecule has 108 valence electrons. The molecule has 0 spiro atoms. The zero-order chi connectivity index (χ0) is 14.9. The molecule has 6 nitrogen and oxygen atoms in total. The van der Waals surface area contributed by atoms with Gasteiger partial charge in [-0.1, -0.05) is 6.92 Å². The van der Waals surface area contributed by atoms with E-state index in [0.717, 1.165) is 16.4 Å². The quantitative estimate of drug-likeness (QED) is 0.468. The summed E-state index contributed by atoms with van der Waals surface area (Å²) >= 11 is 2.12. The molecule has 0 heterocycles. The Kier molecular flexibility index (Phi) is 4.07. The first-order valence-electron chi connectivity index (χ1n) is 6.17. The van der Waals surface area contributed by atoms with Crippen LogP contribution in [0, 0.1) is 8.99 Å². The fourth-order valence-electron chi connectivity index (χ4n) is 2.01. The lowest BCUT2D eigenvalue weighted by Crippen LogP contribution is -2.48. The number of nitrogens with one attached hydrogen (secondary N) is 2. The van der Waals surface area contributed by atoms with Crippen molar-refractivity contribution >= 4 is 46.0 Å². The highest BCUT2D eigenvalue weighted by Crippen LogP contribution is 2.48. The summed E-state index contributed by atoms with van der Waals surface area (Å²) in [5.74, 6) is -0.374. The van der Waals surface area contributed by atoms with E-state index in [2.05, 4.69) is 33.2 Å². The van der Waals surface area contributed by atoms with Crippen LogP contribution in [0.3, 0.4) is 0 Å². The number of amides is 2. The van der Waals surface area contributed by atoms with Gasteiger partial charge in [-0.2, -0.15) is 0 Å². The molecule has 0 aliphatic heterocycles. The van der Waals surface area contributed by atoms with E-state index in [4.69, 9.17) is 10.8 Å². The number of carbonyl (C=O) groups is 2. The molecule has 7 heteroatoms. The lowest BCUT2D eigenvalue weighted by molar-refractivity contribution is -0.119. The highest BCUT2D eigenvalue weighted by molar-refractivity contribution is 14.1. The predicted molar refractivity (Wildman–Crippen MR) is 84.5 cm³/mol. The van der Waals surface area contributed by atoms with Gasteiger partial charge in [0, 0.05) is 3.57 Å². The first-order chi connectivity index (χ1) is 9.32. The maximum absolute atomic E-state index is 12.3. The number of carboxylic acid groups (broad SMARTS) is 1. The summed E-state index contributed by atoms with van der Waals surface area (Å²) in [7, 11) is 0. The van der Waals surface area contributed by atoms with Crippen LogP contribution in [0.2, 0.25) is 0 Å². The molecule has 1 unspecified atom stereocenters. The van der Waals surface area contributed by atoms with E-state index in [1.165, 1.54) is 0 Å². The minimum absolute atomic E-state index is 0.306. The molecule has 1 aliphatic rings. The zero-order valence-corrected chi connectivity index (χ0v) is 13.1. The maximum Gasteiger partial charge on any atom is 0.405 e. The Balaban J connectivity index is 2.16. The summed E-state index contributed by atoms with van der Waals surface area (Å²) in [4.78, 5) is 23.1. The first kappa shape index (κ1) is 14.9. The largest absolute Gasteiger partial charge is 0.465 e. The highest BCUT2D eigenvalue weighted by atomic mass is 127. The van der Waals surface area contributed by atoms with Crippen molar-refractivity contribution in [3.8, 4) is 0 Å². The van der Waals surface area contributed by atoms with Crippen molar-refractivity contribution in [1.29, 1.82) is 0 Å². The van der Waals surface area contributed by atoms with Gasteiger partial charge in [-0.15, -0.1) is 0 Å². The van der Waals surface area contributed by atoms with Crippen molar-refractivity contribution in [2.75, 3.05) is 11.1 Å². The maximum atomic E-state index is 12.3. The number of nitrogens with two attached hydrogens (primary N) is 1. The zero-order valence-electron chi connectivity index (χ0n) is 10.9. The Morgan fingerprint density at radius 3 is 2.65 bits per heavy atom. The molecule has 0 bridgehead atoms. The van der Waals surface area contributed by atoms with Crippen LogP contribution in [0.4, 0.5) is 16.2 Å². The standard InChI is InChI=1S/C13H16IN3O3/c1-13(4-5-13)10(17-12(19)20)11(18)16-9-6-7(14)2-3-8(9)15/h2-3,6,10,17H,4-5,15H2,1H3,(H,16,18)(H,19,20). The Labute approximate surface area is 130 Å². The van der Waals surface area contributed by atoms with E-state index < -0.39 is 12.1 Å². The van der Waals surface area contributed by atoms with E-state index in [1.54, 1.807) is 12.1 Å². The number of rotatable bonds is 4. The topological polar surface area (TPSA) is 104 Å². The first-order valence-corrected chi connectivity index (χ1v) is 7.25. The second kappa shape index (κ2) is 5.47. The number of halogens is 1. The molecule has 1 saturated carbocycles. The molecular formula is C13H16IN3O3. The smallest absolute Gasteiger partial charge is 0.405 e. The molecule has 1 aromatic rings. The lowest BCUT2D eigenvalue weighted by Gasteiger charge is -2.23. The van der Waals surface area contributed by atoms with Gasteiger partial charge >= 0.3 is 6.09 Å². The van der Waals surface area contributed by atoms with E-state index in [-0.39, 0.29) is 11.3 Å². The summed E-state index contributed by atoms with van der Waals surface area (Å²) in [6, 6.07) is 4.52. The molecule has 20 heavy (non-hydrogen) atoms. The fraction of sp³-hybridized carbons (Fsp3) is 0.385. The third-order valence-electron chi connectivity index (χ3n) is 3.54. The predicted octanol–water partition coefficient (Wildman–Crippen LogP) is 2.25. The summed E-state index contributed by atoms with van der Waals surface area (Å²) in [6.45, 7) is 1.89. The summed E-state index contributed by atoms with van der Waals surface area (Å²) in [5.41, 5.74) is 6.46. The molecule has 1 fully saturated rings. The summed E-state index contributed by atoms with van der Waals surface area (Å²) in [5, 5.41) is 13.9. The third-order valence-corrected chi connectivity index (χ3v) is 4.21. The second-order valence-corrected chi connectivity index (χ2v) is 6.50. The van der Waals surface area contributed by atoms with Crippen LogP contribution < -0.4 is 16.4 Å². The van der Waals surface area contributed by atoms with Gasteiger partial charge in [0.05, 0.1) is 11.4 Å². The van der Waals surface area contributed by atoms with Gasteiger partial charge < -0.3 is 21.5 Å². The molecule has 1 aliphatic carbocycles. The van der Waals surface area contributed by atoms with E-state index in [0.29, 0.717) is 11.4 Å². The van der Waals surface area contributed by atoms with Gasteiger partial charge in [0.25, 0.3) is 0 Å². The van der Waals surface area contributed by atoms with Gasteiger partial charge in [-0.05, 0) is 59.0 Å². The van der Waals surface area contributed by atoms with Crippen LogP contribution in [0.5, 0.6) is 0 Å². The van der Waals surface area contributed by atoms with Crippen LogP contribution in [0.1, 0.15) is 19.8 Å². The molecule has 0 saturated heterocycles. The van der Waals surface area contributed by atoms with E-state index in [9.17, 15) is 9.59 Å². The molecule has 1 atom stereocenters. The van der Waals surface area contributed by atoms with Gasteiger partial charge in [-0.25, -0.2) is 4.79 Å². The van der Waals surface area contributed by atoms with Gasteiger partial charge in [0.15, 0.2) is 0 Å². The second-order valence-electron chi connectivity index (χ2n) is 5.26. The van der Waals surface area contributed by atoms with Crippen molar-refractivity contribution in [3.63, 3.8) is 0 Å². The number of hydrogen-bond donors (Lipinski definition) is 4. The lowest BCUT2D eigenvalue weighted by atomic mass is 9.98. The van der Waals surface area contributed by atoms with Gasteiger partial charge in [-0.3, -0.25) is 4.79 Å². The van der Waals surface area contributed by atoms with Crippen LogP contribution in [-0.2, 0) is 4.79 Å². The van der Waals surface area contributed by atoms with Crippen molar-refractivity contribution in [1.82, 2.24) is 5.32 Å². The minimum atomic E-state index is -1.20. The summed E-state index contributed by atoms with van der Waals surface area (Å²) in [6.07, 6.45) is 0.453. The summed E-state index contributed by atoms with van der Waals surface area (Å²) < 4.78 is 0.937. The molecule has 1 aromatic carbocycles. The number of nitrogen functional groups attached to an aromatic ring is 1. The average Bonchev–Trinajstić information content (AvgIpc) is 3.09. The highest BCUT2D eigenvalue weighted by Gasteiger charge is 2.49. The Bertz CT molecular complexity index is 558. The van der Waals surface area contributed by atoms with Crippen molar-refractivity contribution < 1.29 is 14.7 Å². The van der Waals surface area contributed by atoms with Gasteiger partial charge in [0.2, 0.25) is 5.91 Å². The molecule has 0 aromatic heterocycles. The Morgan fingerprint density at radius 1 is 1.45 bits per heavy atom. The number of anilines is 2. The number of carbonyl (C=O) groups excluding carboxylic acids is 1. The van der Waals surface area contributed by atoms with E-state index >= 15 is 0 Å². The van der Waals surface area contributed by atoms with E-state index in [1.807, 2.05) is 13.0 Å². The van der Waals surface area contributed by atoms with Crippen LogP contribution in [-0.4, -0.2) is 23.1 Å². The number of hydrogen-bond acceptors (Lipinski definition) is 3. The fourth-order valence-corrected chi connectivity index (χ4v) is 2.50. The Hall–Kier alpha value is -1.51. The molecule has 5 N–H and O–H groups in total. The number of benzene rings is 1. The van der Waals surface area contributed by atoms with Crippen molar-refractivity contribution in [2.45, 2.75) is 25.8 Å². The van der Waals surface area contributed by atoms with Crippen molar-refractivity contribution in [3.05, 3.63) is 21.8 Å². The normalized spacial score (nSPS) is 17.1. The molecule has 2 rings (SSSR count). The SMILES string of the molecule is CC1(C(NC(=O)O)C(=O)Nc2cc(I)ccc2N)CC1. The Morgan fingerprint density at radius 2 is 2.10 bits per heavy atom. The van der Waals surface area contributed by atoms with Crippen molar-refractivity contribution in [2.24, 2.45) is 5.41 Å². The van der Waals surface area contributed by atoms with Crippen LogP contribution in [0.25, 0.3) is 0 Å².